The second kappa shape index (κ2) is 5.61. The molecule has 1 aliphatic rings. The summed E-state index contributed by atoms with van der Waals surface area (Å²) >= 11 is 1.35. The number of nitrogens with zero attached hydrogens (tertiary/aromatic N) is 2. The summed E-state index contributed by atoms with van der Waals surface area (Å²) in [5.74, 6) is -0.300. The van der Waals surface area contributed by atoms with Crippen LogP contribution in [0, 0.1) is 5.41 Å². The molecule has 0 saturated carbocycles. The quantitative estimate of drug-likeness (QED) is 0.867. The first-order valence-electron chi connectivity index (χ1n) is 6.88. The Hall–Kier alpha value is -1.27. The maximum absolute atomic E-state index is 12.2. The number of rotatable bonds is 4. The van der Waals surface area contributed by atoms with E-state index in [1.54, 1.807) is 0 Å². The summed E-state index contributed by atoms with van der Waals surface area (Å²) < 4.78 is 0. The Balaban J connectivity index is 2.20. The Morgan fingerprint density at radius 2 is 2.00 bits per heavy atom. The summed E-state index contributed by atoms with van der Waals surface area (Å²) in [5.41, 5.74) is 0.624. The molecule has 1 saturated heterocycles. The lowest BCUT2D eigenvalue weighted by Gasteiger charge is -2.33. The zero-order chi connectivity index (χ0) is 14.9. The van der Waals surface area contributed by atoms with Gasteiger partial charge in [-0.05, 0) is 18.9 Å². The van der Waals surface area contributed by atoms with Crippen molar-refractivity contribution in [3.63, 3.8) is 0 Å². The minimum atomic E-state index is -0.248. The van der Waals surface area contributed by atoms with Crippen LogP contribution in [-0.2, 0) is 9.59 Å². The fourth-order valence-electron chi connectivity index (χ4n) is 2.38. The van der Waals surface area contributed by atoms with Crippen LogP contribution >= 0.6 is 11.3 Å². The molecule has 20 heavy (non-hydrogen) atoms. The SMILES string of the molecule is CCNC(C)c1csc(N2C(=O)CC(C)(C)CC2=O)n1. The Labute approximate surface area is 123 Å². The zero-order valence-corrected chi connectivity index (χ0v) is 13.2. The first kappa shape index (κ1) is 15.1. The van der Waals surface area contributed by atoms with E-state index in [2.05, 4.69) is 10.3 Å². The Morgan fingerprint density at radius 3 is 2.55 bits per heavy atom. The van der Waals surface area contributed by atoms with Gasteiger partial charge in [-0.25, -0.2) is 9.88 Å². The summed E-state index contributed by atoms with van der Waals surface area (Å²) in [7, 11) is 0. The summed E-state index contributed by atoms with van der Waals surface area (Å²) in [4.78, 5) is 30.1. The van der Waals surface area contributed by atoms with Gasteiger partial charge < -0.3 is 5.32 Å². The van der Waals surface area contributed by atoms with Crippen molar-refractivity contribution in [2.75, 3.05) is 11.4 Å². The second-order valence-corrected chi connectivity index (χ2v) is 6.81. The predicted molar refractivity (Wildman–Crippen MR) is 79.7 cm³/mol. The third kappa shape index (κ3) is 3.07. The average Bonchev–Trinajstić information content (AvgIpc) is 2.75. The van der Waals surface area contributed by atoms with Gasteiger partial charge in [0.1, 0.15) is 0 Å². The lowest BCUT2D eigenvalue weighted by Crippen LogP contribution is -2.46. The molecule has 1 aromatic rings. The van der Waals surface area contributed by atoms with Crippen molar-refractivity contribution in [3.8, 4) is 0 Å². The van der Waals surface area contributed by atoms with Crippen molar-refractivity contribution < 1.29 is 9.59 Å². The molecule has 1 fully saturated rings. The fraction of sp³-hybridized carbons (Fsp3) is 0.643. The molecular formula is C14H21N3O2S. The van der Waals surface area contributed by atoms with Gasteiger partial charge in [0.15, 0.2) is 5.13 Å². The van der Waals surface area contributed by atoms with Crippen molar-refractivity contribution >= 4 is 28.3 Å². The van der Waals surface area contributed by atoms with Crippen LogP contribution in [0.25, 0.3) is 0 Å². The predicted octanol–water partition coefficient (Wildman–Crippen LogP) is 2.49. The maximum Gasteiger partial charge on any atom is 0.236 e. The Kier molecular flexibility index (Phi) is 4.25. The Bertz CT molecular complexity index is 504. The van der Waals surface area contributed by atoms with E-state index in [0.29, 0.717) is 18.0 Å². The number of aromatic nitrogens is 1. The highest BCUT2D eigenvalue weighted by Gasteiger charge is 2.39. The van der Waals surface area contributed by atoms with Crippen LogP contribution in [0.1, 0.15) is 52.3 Å². The van der Waals surface area contributed by atoms with E-state index in [1.165, 1.54) is 16.2 Å². The topological polar surface area (TPSA) is 62.3 Å². The smallest absolute Gasteiger partial charge is 0.236 e. The molecule has 1 unspecified atom stereocenters. The van der Waals surface area contributed by atoms with Gasteiger partial charge in [0.05, 0.1) is 5.69 Å². The number of nitrogens with one attached hydrogen (secondary N) is 1. The number of carbonyl (C=O) groups is 2. The number of hydrogen-bond acceptors (Lipinski definition) is 5. The minimum Gasteiger partial charge on any atom is -0.309 e. The molecule has 0 bridgehead atoms. The number of carbonyl (C=O) groups excluding carboxylic acids is 2. The van der Waals surface area contributed by atoms with Crippen LogP contribution in [-0.4, -0.2) is 23.3 Å². The second-order valence-electron chi connectivity index (χ2n) is 5.97. The molecule has 0 radical (unpaired) electrons. The lowest BCUT2D eigenvalue weighted by atomic mass is 9.82. The van der Waals surface area contributed by atoms with Crippen molar-refractivity contribution in [2.24, 2.45) is 5.41 Å². The van der Waals surface area contributed by atoms with E-state index >= 15 is 0 Å². The number of hydrogen-bond donors (Lipinski definition) is 1. The highest BCUT2D eigenvalue weighted by Crippen LogP contribution is 2.35. The highest BCUT2D eigenvalue weighted by atomic mass is 32.1. The molecule has 1 atom stereocenters. The molecule has 0 aromatic carbocycles. The molecule has 110 valence electrons. The fourth-order valence-corrected chi connectivity index (χ4v) is 3.33. The number of piperidine rings is 1. The van der Waals surface area contributed by atoms with Crippen molar-refractivity contribution in [1.29, 1.82) is 0 Å². The van der Waals surface area contributed by atoms with Crippen molar-refractivity contribution in [1.82, 2.24) is 10.3 Å². The summed E-state index contributed by atoms with van der Waals surface area (Å²) in [6, 6.07) is 0.122. The Morgan fingerprint density at radius 1 is 1.40 bits per heavy atom. The molecule has 1 aromatic heterocycles. The van der Waals surface area contributed by atoms with E-state index in [-0.39, 0.29) is 23.3 Å². The van der Waals surface area contributed by atoms with Crippen LogP contribution < -0.4 is 10.2 Å². The molecule has 2 heterocycles. The standard InChI is InChI=1S/C14H21N3O2S/c1-5-15-9(2)10-8-20-13(16-10)17-11(18)6-14(3,4)7-12(17)19/h8-9,15H,5-7H2,1-4H3. The van der Waals surface area contributed by atoms with E-state index < -0.39 is 0 Å². The van der Waals surface area contributed by atoms with Gasteiger partial charge in [-0.3, -0.25) is 9.59 Å². The monoisotopic (exact) mass is 295 g/mol. The van der Waals surface area contributed by atoms with Crippen LogP contribution in [0.5, 0.6) is 0 Å². The van der Waals surface area contributed by atoms with Crippen molar-refractivity contribution in [3.05, 3.63) is 11.1 Å². The van der Waals surface area contributed by atoms with Crippen LogP contribution in [0.3, 0.4) is 0 Å². The minimum absolute atomic E-state index is 0.122. The van der Waals surface area contributed by atoms with E-state index in [1.807, 2.05) is 33.1 Å². The maximum atomic E-state index is 12.2. The molecule has 5 nitrogen and oxygen atoms in total. The van der Waals surface area contributed by atoms with Gasteiger partial charge in [-0.15, -0.1) is 11.3 Å². The van der Waals surface area contributed by atoms with Crippen molar-refractivity contribution in [2.45, 2.75) is 46.6 Å². The van der Waals surface area contributed by atoms with Crippen LogP contribution in [0.4, 0.5) is 5.13 Å². The summed E-state index contributed by atoms with van der Waals surface area (Å²) in [6.45, 7) is 8.79. The third-order valence-corrected chi connectivity index (χ3v) is 4.26. The van der Waals surface area contributed by atoms with E-state index in [4.69, 9.17) is 0 Å². The molecule has 0 spiro atoms. The molecule has 2 amide bonds. The van der Waals surface area contributed by atoms with Crippen LogP contribution in [0.2, 0.25) is 0 Å². The number of thiazole rings is 1. The van der Waals surface area contributed by atoms with Gasteiger partial charge in [0.2, 0.25) is 11.8 Å². The van der Waals surface area contributed by atoms with Crippen LogP contribution in [0.15, 0.2) is 5.38 Å². The van der Waals surface area contributed by atoms with E-state index in [9.17, 15) is 9.59 Å². The number of anilines is 1. The van der Waals surface area contributed by atoms with Gasteiger partial charge >= 0.3 is 0 Å². The molecule has 2 rings (SSSR count). The lowest BCUT2D eigenvalue weighted by molar-refractivity contribution is -0.132. The average molecular weight is 295 g/mol. The van der Waals surface area contributed by atoms with Gasteiger partial charge in [-0.2, -0.15) is 0 Å². The molecule has 1 N–H and O–H groups in total. The first-order chi connectivity index (χ1) is 9.34. The summed E-state index contributed by atoms with van der Waals surface area (Å²) in [5, 5.41) is 5.67. The highest BCUT2D eigenvalue weighted by molar-refractivity contribution is 7.14. The molecule has 0 aliphatic carbocycles. The molecular weight excluding hydrogens is 274 g/mol. The number of amides is 2. The number of imide groups is 1. The molecule has 1 aliphatic heterocycles. The largest absolute Gasteiger partial charge is 0.309 e. The normalized spacial score (nSPS) is 20.3. The van der Waals surface area contributed by atoms with E-state index in [0.717, 1.165) is 12.2 Å². The zero-order valence-electron chi connectivity index (χ0n) is 12.4. The van der Waals surface area contributed by atoms with Gasteiger partial charge in [-0.1, -0.05) is 20.8 Å². The van der Waals surface area contributed by atoms with Gasteiger partial charge in [0.25, 0.3) is 0 Å². The first-order valence-corrected chi connectivity index (χ1v) is 7.76. The molecule has 6 heteroatoms. The third-order valence-electron chi connectivity index (χ3n) is 3.41. The van der Waals surface area contributed by atoms with Gasteiger partial charge in [0, 0.05) is 24.3 Å². The summed E-state index contributed by atoms with van der Waals surface area (Å²) in [6.07, 6.45) is 0.771.